The fourth-order valence-electron chi connectivity index (χ4n) is 2.87. The molecule has 0 saturated carbocycles. The number of carbonyl (C=O) groups is 1. The molecular formula is C19H23N5O4. The molecule has 9 nitrogen and oxygen atoms in total. The van der Waals surface area contributed by atoms with Gasteiger partial charge in [0.25, 0.3) is 5.78 Å². The van der Waals surface area contributed by atoms with Gasteiger partial charge in [0.05, 0.1) is 7.11 Å². The van der Waals surface area contributed by atoms with Gasteiger partial charge < -0.3 is 19.9 Å². The summed E-state index contributed by atoms with van der Waals surface area (Å²) in [7, 11) is 1.60. The Bertz CT molecular complexity index is 969. The van der Waals surface area contributed by atoms with E-state index in [-0.39, 0.29) is 31.6 Å². The van der Waals surface area contributed by atoms with Gasteiger partial charge >= 0.3 is 5.97 Å². The Balaban J connectivity index is 1.47. The number of anilines is 1. The van der Waals surface area contributed by atoms with Crippen molar-refractivity contribution < 1.29 is 19.0 Å². The summed E-state index contributed by atoms with van der Waals surface area (Å²) in [5, 5.41) is 4.12. The molecule has 2 aromatic heterocycles. The van der Waals surface area contributed by atoms with Gasteiger partial charge in [-0.2, -0.15) is 9.50 Å². The first-order valence-corrected chi connectivity index (χ1v) is 8.88. The maximum atomic E-state index is 12.0. The van der Waals surface area contributed by atoms with Crippen LogP contribution in [0.5, 0.6) is 11.5 Å². The van der Waals surface area contributed by atoms with E-state index in [4.69, 9.17) is 19.9 Å². The summed E-state index contributed by atoms with van der Waals surface area (Å²) in [6.07, 6.45) is 0.736. The van der Waals surface area contributed by atoms with Crippen LogP contribution in [0.1, 0.15) is 23.4 Å². The molecule has 9 heteroatoms. The predicted octanol–water partition coefficient (Wildman–Crippen LogP) is 1.89. The van der Waals surface area contributed by atoms with E-state index in [0.717, 1.165) is 22.7 Å². The van der Waals surface area contributed by atoms with Crippen LogP contribution in [0, 0.1) is 13.8 Å². The molecule has 0 aliphatic heterocycles. The lowest BCUT2D eigenvalue weighted by Gasteiger charge is -2.11. The Morgan fingerprint density at radius 3 is 2.54 bits per heavy atom. The first-order chi connectivity index (χ1) is 13.5. The number of nitrogen functional groups attached to an aromatic ring is 1. The van der Waals surface area contributed by atoms with Gasteiger partial charge in [-0.1, -0.05) is 0 Å². The Labute approximate surface area is 162 Å². The highest BCUT2D eigenvalue weighted by Crippen LogP contribution is 2.17. The quantitative estimate of drug-likeness (QED) is 0.462. The summed E-state index contributed by atoms with van der Waals surface area (Å²) in [6, 6.07) is 7.21. The van der Waals surface area contributed by atoms with E-state index in [1.165, 1.54) is 0 Å². The molecule has 3 rings (SSSR count). The van der Waals surface area contributed by atoms with Crippen LogP contribution in [0.25, 0.3) is 5.78 Å². The van der Waals surface area contributed by atoms with Crippen molar-refractivity contribution in [2.75, 3.05) is 26.1 Å². The highest BCUT2D eigenvalue weighted by atomic mass is 16.6. The second kappa shape index (κ2) is 8.55. The molecule has 0 aliphatic rings. The molecule has 0 fully saturated rings. The van der Waals surface area contributed by atoms with Crippen LogP contribution in [0.4, 0.5) is 5.95 Å². The van der Waals surface area contributed by atoms with E-state index in [1.54, 1.807) is 35.9 Å². The Hall–Kier alpha value is -3.36. The van der Waals surface area contributed by atoms with Crippen LogP contribution in [-0.4, -0.2) is 45.9 Å². The average molecular weight is 385 g/mol. The molecule has 0 saturated heterocycles. The molecular weight excluding hydrogens is 362 g/mol. The SMILES string of the molecule is COc1ccc(OCCOC(=O)CCc2c(C)nc3nc(N)nn3c2C)cc1. The molecule has 28 heavy (non-hydrogen) atoms. The normalized spacial score (nSPS) is 10.8. The molecule has 0 unspecified atom stereocenters. The molecule has 0 bridgehead atoms. The van der Waals surface area contributed by atoms with Crippen LogP contribution < -0.4 is 15.2 Å². The number of hydrogen-bond donors (Lipinski definition) is 1. The molecule has 148 valence electrons. The predicted molar refractivity (Wildman–Crippen MR) is 102 cm³/mol. The lowest BCUT2D eigenvalue weighted by molar-refractivity contribution is -0.144. The molecule has 0 spiro atoms. The number of nitrogens with two attached hydrogens (primary N) is 1. The summed E-state index contributed by atoms with van der Waals surface area (Å²) >= 11 is 0. The topological polar surface area (TPSA) is 114 Å². The number of esters is 1. The van der Waals surface area contributed by atoms with E-state index >= 15 is 0 Å². The minimum Gasteiger partial charge on any atom is -0.497 e. The summed E-state index contributed by atoms with van der Waals surface area (Å²) in [5.41, 5.74) is 8.23. The molecule has 2 N–H and O–H groups in total. The van der Waals surface area contributed by atoms with Gasteiger partial charge in [0.1, 0.15) is 24.7 Å². The minimum atomic E-state index is -0.296. The Morgan fingerprint density at radius 1 is 1.11 bits per heavy atom. The number of methoxy groups -OCH3 is 1. The molecule has 3 aromatic rings. The number of hydrogen-bond acceptors (Lipinski definition) is 8. The first-order valence-electron chi connectivity index (χ1n) is 8.88. The number of ether oxygens (including phenoxy) is 3. The van der Waals surface area contributed by atoms with Crippen molar-refractivity contribution in [3.8, 4) is 11.5 Å². The maximum absolute atomic E-state index is 12.0. The van der Waals surface area contributed by atoms with E-state index in [9.17, 15) is 4.79 Å². The monoisotopic (exact) mass is 385 g/mol. The Morgan fingerprint density at radius 2 is 1.82 bits per heavy atom. The van der Waals surface area contributed by atoms with Gasteiger partial charge in [-0.15, -0.1) is 5.10 Å². The zero-order chi connectivity index (χ0) is 20.1. The van der Waals surface area contributed by atoms with Crippen molar-refractivity contribution in [2.45, 2.75) is 26.7 Å². The number of carbonyl (C=O) groups excluding carboxylic acids is 1. The van der Waals surface area contributed by atoms with Crippen molar-refractivity contribution in [3.05, 3.63) is 41.2 Å². The number of fused-ring (bicyclic) bond motifs is 1. The van der Waals surface area contributed by atoms with Crippen LogP contribution in [-0.2, 0) is 16.0 Å². The van der Waals surface area contributed by atoms with Crippen LogP contribution in [0.15, 0.2) is 24.3 Å². The highest BCUT2D eigenvalue weighted by molar-refractivity contribution is 5.69. The van der Waals surface area contributed by atoms with Crippen LogP contribution in [0.2, 0.25) is 0 Å². The van der Waals surface area contributed by atoms with Gasteiger partial charge in [0, 0.05) is 17.8 Å². The number of benzene rings is 1. The maximum Gasteiger partial charge on any atom is 0.306 e. The number of aryl methyl sites for hydroxylation is 2. The highest BCUT2D eigenvalue weighted by Gasteiger charge is 2.14. The van der Waals surface area contributed by atoms with E-state index < -0.39 is 0 Å². The van der Waals surface area contributed by atoms with E-state index in [0.29, 0.717) is 17.9 Å². The summed E-state index contributed by atoms with van der Waals surface area (Å²) in [4.78, 5) is 20.5. The number of rotatable bonds is 8. The number of aromatic nitrogens is 4. The standard InChI is InChI=1S/C19H23N5O4/c1-12-16(13(2)24-19(21-12)22-18(20)23-24)8-9-17(25)28-11-10-27-15-6-4-14(26-3)5-7-15/h4-7H,8-11H2,1-3H3,(H2,20,23). The third-order valence-corrected chi connectivity index (χ3v) is 4.32. The first kappa shape index (κ1) is 19.4. The van der Waals surface area contributed by atoms with Gasteiger partial charge in [-0.05, 0) is 50.1 Å². The average Bonchev–Trinajstić information content (AvgIpc) is 3.06. The molecule has 0 aliphatic carbocycles. The molecule has 0 atom stereocenters. The third kappa shape index (κ3) is 4.48. The summed E-state index contributed by atoms with van der Waals surface area (Å²) < 4.78 is 17.4. The summed E-state index contributed by atoms with van der Waals surface area (Å²) in [5.74, 6) is 1.77. The molecule has 1 aromatic carbocycles. The van der Waals surface area contributed by atoms with Crippen molar-refractivity contribution in [1.29, 1.82) is 0 Å². The summed E-state index contributed by atoms with van der Waals surface area (Å²) in [6.45, 7) is 4.24. The van der Waals surface area contributed by atoms with Gasteiger partial charge in [0.2, 0.25) is 5.95 Å². The van der Waals surface area contributed by atoms with Gasteiger partial charge in [-0.3, -0.25) is 4.79 Å². The van der Waals surface area contributed by atoms with Crippen LogP contribution in [0.3, 0.4) is 0 Å². The van der Waals surface area contributed by atoms with Crippen molar-refractivity contribution in [1.82, 2.24) is 19.6 Å². The largest absolute Gasteiger partial charge is 0.497 e. The lowest BCUT2D eigenvalue weighted by Crippen LogP contribution is -2.14. The number of nitrogens with zero attached hydrogens (tertiary/aromatic N) is 4. The third-order valence-electron chi connectivity index (χ3n) is 4.32. The fraction of sp³-hybridized carbons (Fsp3) is 0.368. The van der Waals surface area contributed by atoms with Crippen molar-refractivity contribution in [3.63, 3.8) is 0 Å². The van der Waals surface area contributed by atoms with Crippen molar-refractivity contribution in [2.24, 2.45) is 0 Å². The van der Waals surface area contributed by atoms with E-state index in [1.807, 2.05) is 13.8 Å². The lowest BCUT2D eigenvalue weighted by atomic mass is 10.1. The molecule has 0 radical (unpaired) electrons. The molecule has 0 amide bonds. The fourth-order valence-corrected chi connectivity index (χ4v) is 2.87. The second-order valence-corrected chi connectivity index (χ2v) is 6.19. The second-order valence-electron chi connectivity index (χ2n) is 6.19. The van der Waals surface area contributed by atoms with Crippen molar-refractivity contribution >= 4 is 17.7 Å². The Kier molecular flexibility index (Phi) is 5.93. The smallest absolute Gasteiger partial charge is 0.306 e. The minimum absolute atomic E-state index is 0.170. The zero-order valence-corrected chi connectivity index (χ0v) is 16.1. The van der Waals surface area contributed by atoms with Gasteiger partial charge in [0.15, 0.2) is 0 Å². The zero-order valence-electron chi connectivity index (χ0n) is 16.1. The van der Waals surface area contributed by atoms with Gasteiger partial charge in [-0.25, -0.2) is 4.98 Å². The van der Waals surface area contributed by atoms with E-state index in [2.05, 4.69) is 15.1 Å². The van der Waals surface area contributed by atoms with Crippen LogP contribution >= 0.6 is 0 Å². The molecule has 2 heterocycles.